The number of aryl methyl sites for hydroxylation is 2. The first kappa shape index (κ1) is 12.9. The molecule has 0 saturated heterocycles. The van der Waals surface area contributed by atoms with E-state index in [1.54, 1.807) is 0 Å². The van der Waals surface area contributed by atoms with Gasteiger partial charge in [-0.25, -0.2) is 4.98 Å². The van der Waals surface area contributed by atoms with Crippen LogP contribution in [-0.2, 0) is 7.05 Å². The zero-order valence-electron chi connectivity index (χ0n) is 12.4. The number of pyridine rings is 1. The Morgan fingerprint density at radius 3 is 2.65 bits per heavy atom. The fourth-order valence-electron chi connectivity index (χ4n) is 2.46. The Balaban J connectivity index is 2.16. The molecule has 0 aliphatic rings. The largest absolute Gasteiger partial charge is 0.334 e. The van der Waals surface area contributed by atoms with Crippen LogP contribution in [-0.4, -0.2) is 14.5 Å². The minimum Gasteiger partial charge on any atom is -0.334 e. The van der Waals surface area contributed by atoms with Gasteiger partial charge in [0.1, 0.15) is 0 Å². The summed E-state index contributed by atoms with van der Waals surface area (Å²) in [6.07, 6.45) is 3.83. The highest BCUT2D eigenvalue weighted by Gasteiger charge is 2.09. The van der Waals surface area contributed by atoms with E-state index >= 15 is 0 Å². The lowest BCUT2D eigenvalue weighted by atomic mass is 9.98. The van der Waals surface area contributed by atoms with Gasteiger partial charge in [-0.3, -0.25) is 4.98 Å². The summed E-state index contributed by atoms with van der Waals surface area (Å²) in [6.45, 7) is 6.44. The van der Waals surface area contributed by atoms with Crippen LogP contribution in [0.15, 0.2) is 36.8 Å². The molecular formula is C17H19N3. The van der Waals surface area contributed by atoms with Gasteiger partial charge in [0.2, 0.25) is 0 Å². The van der Waals surface area contributed by atoms with Gasteiger partial charge in [-0.1, -0.05) is 19.9 Å². The van der Waals surface area contributed by atoms with E-state index in [1.807, 2.05) is 24.1 Å². The Hall–Kier alpha value is -2.16. The molecule has 0 saturated carbocycles. The number of nitrogens with zero attached hydrogens (tertiary/aromatic N) is 3. The molecule has 3 nitrogen and oxygen atoms in total. The molecule has 2 aromatic heterocycles. The lowest BCUT2D eigenvalue weighted by molar-refractivity contribution is 0.856. The van der Waals surface area contributed by atoms with Crippen molar-refractivity contribution in [3.63, 3.8) is 0 Å². The Labute approximate surface area is 119 Å². The van der Waals surface area contributed by atoms with Crippen LogP contribution in [0.3, 0.4) is 0 Å². The highest BCUT2D eigenvalue weighted by atomic mass is 15.0. The predicted molar refractivity (Wildman–Crippen MR) is 82.8 cm³/mol. The van der Waals surface area contributed by atoms with Gasteiger partial charge in [0.05, 0.1) is 17.4 Å². The third-order valence-electron chi connectivity index (χ3n) is 3.81. The Kier molecular flexibility index (Phi) is 3.05. The molecule has 3 aromatic rings. The number of rotatable bonds is 2. The Morgan fingerprint density at radius 1 is 1.10 bits per heavy atom. The number of hydrogen-bond donors (Lipinski definition) is 0. The second kappa shape index (κ2) is 4.75. The smallest absolute Gasteiger partial charge is 0.0955 e. The summed E-state index contributed by atoms with van der Waals surface area (Å²) in [5.74, 6) is 0.487. The standard InChI is InChI=1S/C17H19N3/c1-11(2)14-7-15(12(3)18-9-14)13-5-6-17-16(8-13)19-10-20(17)4/h5-11H,1-4H3. The number of fused-ring (bicyclic) bond motifs is 1. The van der Waals surface area contributed by atoms with E-state index in [4.69, 9.17) is 0 Å². The van der Waals surface area contributed by atoms with Gasteiger partial charge >= 0.3 is 0 Å². The van der Waals surface area contributed by atoms with E-state index in [1.165, 1.54) is 16.7 Å². The van der Waals surface area contributed by atoms with Gasteiger partial charge in [0.15, 0.2) is 0 Å². The van der Waals surface area contributed by atoms with E-state index in [0.717, 1.165) is 16.7 Å². The van der Waals surface area contributed by atoms with E-state index in [-0.39, 0.29) is 0 Å². The zero-order chi connectivity index (χ0) is 14.3. The SMILES string of the molecule is Cc1ncc(C(C)C)cc1-c1ccc2c(c1)ncn2C. The van der Waals surface area contributed by atoms with Crippen LogP contribution in [0, 0.1) is 6.92 Å². The van der Waals surface area contributed by atoms with Gasteiger partial charge in [-0.15, -0.1) is 0 Å². The normalized spacial score (nSPS) is 11.4. The number of hydrogen-bond acceptors (Lipinski definition) is 2. The van der Waals surface area contributed by atoms with Crippen LogP contribution in [0.1, 0.15) is 31.0 Å². The maximum atomic E-state index is 4.54. The number of imidazole rings is 1. The molecule has 20 heavy (non-hydrogen) atoms. The molecule has 3 heteroatoms. The highest BCUT2D eigenvalue weighted by molar-refractivity contribution is 5.82. The van der Waals surface area contributed by atoms with Crippen molar-refractivity contribution in [2.24, 2.45) is 7.05 Å². The van der Waals surface area contributed by atoms with E-state index < -0.39 is 0 Å². The fourth-order valence-corrected chi connectivity index (χ4v) is 2.46. The van der Waals surface area contributed by atoms with Crippen LogP contribution in [0.4, 0.5) is 0 Å². The van der Waals surface area contributed by atoms with Gasteiger partial charge in [0, 0.05) is 24.5 Å². The van der Waals surface area contributed by atoms with Crippen molar-refractivity contribution in [1.29, 1.82) is 0 Å². The summed E-state index contributed by atoms with van der Waals surface area (Å²) in [5, 5.41) is 0. The molecule has 0 spiro atoms. The van der Waals surface area contributed by atoms with Crippen molar-refractivity contribution in [2.45, 2.75) is 26.7 Å². The first-order chi connectivity index (χ1) is 9.56. The van der Waals surface area contributed by atoms with Gasteiger partial charge < -0.3 is 4.57 Å². The summed E-state index contributed by atoms with van der Waals surface area (Å²) < 4.78 is 2.04. The van der Waals surface area contributed by atoms with Crippen LogP contribution in [0.25, 0.3) is 22.2 Å². The number of aromatic nitrogens is 3. The van der Waals surface area contributed by atoms with Crippen molar-refractivity contribution in [1.82, 2.24) is 14.5 Å². The van der Waals surface area contributed by atoms with Gasteiger partial charge in [-0.2, -0.15) is 0 Å². The van der Waals surface area contributed by atoms with Crippen LogP contribution in [0.5, 0.6) is 0 Å². The van der Waals surface area contributed by atoms with E-state index in [0.29, 0.717) is 5.92 Å². The summed E-state index contributed by atoms with van der Waals surface area (Å²) in [7, 11) is 2.02. The molecule has 0 aliphatic carbocycles. The molecule has 0 amide bonds. The molecule has 2 heterocycles. The fraction of sp³-hybridized carbons (Fsp3) is 0.294. The maximum Gasteiger partial charge on any atom is 0.0955 e. The molecule has 0 fully saturated rings. The van der Waals surface area contributed by atoms with E-state index in [2.05, 4.69) is 55.0 Å². The first-order valence-corrected chi connectivity index (χ1v) is 6.94. The summed E-state index contributed by atoms with van der Waals surface area (Å²) in [6, 6.07) is 8.66. The average Bonchev–Trinajstić information content (AvgIpc) is 2.80. The lowest BCUT2D eigenvalue weighted by Gasteiger charge is -2.11. The lowest BCUT2D eigenvalue weighted by Crippen LogP contribution is -1.94. The summed E-state index contributed by atoms with van der Waals surface area (Å²) in [5.41, 5.74) is 6.89. The minimum absolute atomic E-state index is 0.487. The van der Waals surface area contributed by atoms with Crippen molar-refractivity contribution in [2.75, 3.05) is 0 Å². The third kappa shape index (κ3) is 2.09. The van der Waals surface area contributed by atoms with Crippen molar-refractivity contribution < 1.29 is 0 Å². The molecule has 3 rings (SSSR count). The van der Waals surface area contributed by atoms with Gasteiger partial charge in [-0.05, 0) is 42.2 Å². The molecule has 0 N–H and O–H groups in total. The molecule has 102 valence electrons. The quantitative estimate of drug-likeness (QED) is 0.699. The Bertz CT molecular complexity index is 769. The van der Waals surface area contributed by atoms with Crippen molar-refractivity contribution >= 4 is 11.0 Å². The highest BCUT2D eigenvalue weighted by Crippen LogP contribution is 2.28. The second-order valence-electron chi connectivity index (χ2n) is 5.62. The second-order valence-corrected chi connectivity index (χ2v) is 5.62. The minimum atomic E-state index is 0.487. The summed E-state index contributed by atoms with van der Waals surface area (Å²) in [4.78, 5) is 8.97. The van der Waals surface area contributed by atoms with Crippen LogP contribution in [0.2, 0.25) is 0 Å². The molecule has 0 unspecified atom stereocenters. The molecule has 0 aliphatic heterocycles. The zero-order valence-corrected chi connectivity index (χ0v) is 12.4. The third-order valence-corrected chi connectivity index (χ3v) is 3.81. The van der Waals surface area contributed by atoms with E-state index in [9.17, 15) is 0 Å². The maximum absolute atomic E-state index is 4.54. The van der Waals surface area contributed by atoms with Gasteiger partial charge in [0.25, 0.3) is 0 Å². The van der Waals surface area contributed by atoms with Crippen molar-refractivity contribution in [3.8, 4) is 11.1 Å². The van der Waals surface area contributed by atoms with Crippen LogP contribution < -0.4 is 0 Å². The molecule has 0 bridgehead atoms. The Morgan fingerprint density at radius 2 is 1.90 bits per heavy atom. The van der Waals surface area contributed by atoms with Crippen LogP contribution >= 0.6 is 0 Å². The monoisotopic (exact) mass is 265 g/mol. The predicted octanol–water partition coefficient (Wildman–Crippen LogP) is 4.07. The topological polar surface area (TPSA) is 30.7 Å². The molecule has 1 aromatic carbocycles. The van der Waals surface area contributed by atoms with Crippen molar-refractivity contribution in [3.05, 3.63) is 48.0 Å². The summed E-state index contributed by atoms with van der Waals surface area (Å²) >= 11 is 0. The number of benzene rings is 1. The average molecular weight is 265 g/mol. The first-order valence-electron chi connectivity index (χ1n) is 6.94. The molecule has 0 radical (unpaired) electrons. The molecule has 0 atom stereocenters. The molecular weight excluding hydrogens is 246 g/mol.